The highest BCUT2D eigenvalue weighted by molar-refractivity contribution is 6.42. The highest BCUT2D eigenvalue weighted by Gasteiger charge is 2.28. The molecule has 56 heavy (non-hydrogen) atoms. The summed E-state index contributed by atoms with van der Waals surface area (Å²) in [5.41, 5.74) is 6.74. The molecule has 0 aliphatic rings. The Hall–Kier alpha value is -8.02. The number of fused-ring (bicyclic) bond motifs is 9. The first kappa shape index (κ1) is 31.5. The average molecular weight is 707 g/mol. The first-order valence-electron chi connectivity index (χ1n) is 18.5. The Morgan fingerprint density at radius 2 is 0.768 bits per heavy atom. The molecule has 4 heteroatoms. The zero-order valence-electron chi connectivity index (χ0n) is 30.3. The minimum Gasteiger partial charge on any atom is -0.192 e. The van der Waals surface area contributed by atoms with Gasteiger partial charge in [0, 0.05) is 11.1 Å². The lowest BCUT2D eigenvalue weighted by atomic mass is 9.82. The maximum atomic E-state index is 10.8. The van der Waals surface area contributed by atoms with Crippen LogP contribution in [0.2, 0.25) is 0 Å². The maximum Gasteiger partial charge on any atom is 0.0998 e. The average Bonchev–Trinajstić information content (AvgIpc) is 3.72. The molecule has 0 atom stereocenters. The molecular formula is C52H26N4. The van der Waals surface area contributed by atoms with Gasteiger partial charge in [-0.25, -0.2) is 0 Å². The molecule has 0 bridgehead atoms. The van der Waals surface area contributed by atoms with Crippen molar-refractivity contribution in [2.45, 2.75) is 13.8 Å². The molecule has 11 aromatic carbocycles. The molecule has 0 radical (unpaired) electrons. The van der Waals surface area contributed by atoms with E-state index in [0.29, 0.717) is 22.3 Å². The topological polar surface area (TPSA) is 95.2 Å². The van der Waals surface area contributed by atoms with E-state index in [4.69, 9.17) is 0 Å². The predicted octanol–water partition coefficient (Wildman–Crippen LogP) is 13.2. The smallest absolute Gasteiger partial charge is 0.0998 e. The summed E-state index contributed by atoms with van der Waals surface area (Å²) < 4.78 is 0. The SMILES string of the molecule is Cc1cc(-c2c3cc4c(cc3c(-c3cc(C)c(C#N)cc3C#N)c3c5cccc6cccc(c23)c65)c2cc3ccccc3c3cccc4c32)c(C#N)cc1C#N. The number of hydrogen-bond donors (Lipinski definition) is 0. The fourth-order valence-corrected chi connectivity index (χ4v) is 9.69. The fraction of sp³-hybridized carbons (Fsp3) is 0.0385. The lowest BCUT2D eigenvalue weighted by Gasteiger charge is -2.19. The van der Waals surface area contributed by atoms with Gasteiger partial charge in [-0.1, -0.05) is 78.9 Å². The number of benzene rings is 9. The Labute approximate surface area is 321 Å². The fourth-order valence-electron chi connectivity index (χ4n) is 9.69. The van der Waals surface area contributed by atoms with Gasteiger partial charge in [-0.15, -0.1) is 0 Å². The molecule has 11 aromatic rings. The summed E-state index contributed by atoms with van der Waals surface area (Å²) in [5.74, 6) is 0. The van der Waals surface area contributed by atoms with Crippen molar-refractivity contribution in [3.8, 4) is 46.5 Å². The van der Waals surface area contributed by atoms with Crippen LogP contribution >= 0.6 is 0 Å². The standard InChI is InChI=1S/C52H26N4/c1-27-16-40(33(25-55)18-31(27)23-53)49-45-21-42-37-13-7-12-36-35-11-4-3-8-30(35)20-44(48(36)37)43(42)22-46(45)50(41-17-28(2)32(24-54)19-34(41)26-56)52-39-15-6-10-29-9-5-14-38(47(29)39)51(49)52/h3-22H,1-2H3. The predicted molar refractivity (Wildman–Crippen MR) is 228 cm³/mol. The number of nitriles is 4. The summed E-state index contributed by atoms with van der Waals surface area (Å²) in [4.78, 5) is 0. The van der Waals surface area contributed by atoms with Crippen molar-refractivity contribution in [3.05, 3.63) is 155 Å². The van der Waals surface area contributed by atoms with E-state index in [2.05, 4.69) is 121 Å². The Morgan fingerprint density at radius 3 is 1.32 bits per heavy atom. The molecule has 0 spiro atoms. The molecule has 4 nitrogen and oxygen atoms in total. The van der Waals surface area contributed by atoms with E-state index in [1.807, 2.05) is 26.0 Å². The van der Waals surface area contributed by atoms with E-state index < -0.39 is 0 Å². The van der Waals surface area contributed by atoms with Crippen molar-refractivity contribution in [2.75, 3.05) is 0 Å². The van der Waals surface area contributed by atoms with E-state index in [1.165, 1.54) is 21.5 Å². The van der Waals surface area contributed by atoms with Crippen molar-refractivity contribution < 1.29 is 0 Å². The first-order valence-corrected chi connectivity index (χ1v) is 18.5. The zero-order valence-corrected chi connectivity index (χ0v) is 30.3. The van der Waals surface area contributed by atoms with E-state index >= 15 is 0 Å². The molecule has 0 aliphatic heterocycles. The monoisotopic (exact) mass is 706 g/mol. The van der Waals surface area contributed by atoms with Gasteiger partial charge in [0.25, 0.3) is 0 Å². The van der Waals surface area contributed by atoms with Crippen LogP contribution in [0.4, 0.5) is 0 Å². The molecule has 0 N–H and O–H groups in total. The molecule has 0 saturated carbocycles. The lowest BCUT2D eigenvalue weighted by molar-refractivity contribution is 1.37. The lowest BCUT2D eigenvalue weighted by Crippen LogP contribution is -1.96. The van der Waals surface area contributed by atoms with Crippen LogP contribution in [0.15, 0.2) is 121 Å². The third-order valence-corrected chi connectivity index (χ3v) is 12.1. The zero-order chi connectivity index (χ0) is 38.0. The van der Waals surface area contributed by atoms with Gasteiger partial charge in [-0.05, 0) is 165 Å². The van der Waals surface area contributed by atoms with Crippen LogP contribution in [0.5, 0.6) is 0 Å². The molecule has 11 rings (SSSR count). The molecule has 0 saturated heterocycles. The molecule has 0 amide bonds. The summed E-state index contributed by atoms with van der Waals surface area (Å²) in [6.07, 6.45) is 0. The summed E-state index contributed by atoms with van der Waals surface area (Å²) in [5, 5.41) is 59.1. The van der Waals surface area contributed by atoms with Gasteiger partial charge in [0.15, 0.2) is 0 Å². The van der Waals surface area contributed by atoms with Gasteiger partial charge in [0.05, 0.1) is 46.5 Å². The van der Waals surface area contributed by atoms with Gasteiger partial charge in [-0.3, -0.25) is 0 Å². The van der Waals surface area contributed by atoms with Crippen LogP contribution in [-0.2, 0) is 0 Å². The Kier molecular flexibility index (Phi) is 6.33. The minimum absolute atomic E-state index is 0.426. The van der Waals surface area contributed by atoms with Crippen LogP contribution in [0.3, 0.4) is 0 Å². The van der Waals surface area contributed by atoms with Crippen molar-refractivity contribution in [1.82, 2.24) is 0 Å². The van der Waals surface area contributed by atoms with E-state index in [0.717, 1.165) is 98.0 Å². The van der Waals surface area contributed by atoms with Gasteiger partial charge in [0.1, 0.15) is 0 Å². The first-order chi connectivity index (χ1) is 27.4. The second-order valence-corrected chi connectivity index (χ2v) is 14.9. The van der Waals surface area contributed by atoms with Crippen molar-refractivity contribution in [2.24, 2.45) is 0 Å². The summed E-state index contributed by atoms with van der Waals surface area (Å²) in [6, 6.07) is 51.6. The molecule has 0 heterocycles. The normalized spacial score (nSPS) is 11.7. The van der Waals surface area contributed by atoms with Crippen LogP contribution < -0.4 is 0 Å². The molecule has 0 unspecified atom stereocenters. The number of hydrogen-bond acceptors (Lipinski definition) is 4. The van der Waals surface area contributed by atoms with Gasteiger partial charge < -0.3 is 0 Å². The molecule has 0 fully saturated rings. The van der Waals surface area contributed by atoms with E-state index in [1.54, 1.807) is 12.1 Å². The van der Waals surface area contributed by atoms with Crippen molar-refractivity contribution in [1.29, 1.82) is 21.0 Å². The minimum atomic E-state index is 0.426. The van der Waals surface area contributed by atoms with Gasteiger partial charge in [-0.2, -0.15) is 21.0 Å². The Morgan fingerprint density at radius 1 is 0.321 bits per heavy atom. The third kappa shape index (κ3) is 3.98. The Bertz CT molecular complexity index is 3760. The quantitative estimate of drug-likeness (QED) is 0.167. The van der Waals surface area contributed by atoms with Crippen LogP contribution in [0.25, 0.3) is 108 Å². The Balaban J connectivity index is 1.49. The second kappa shape index (κ2) is 11.2. The third-order valence-electron chi connectivity index (χ3n) is 12.1. The van der Waals surface area contributed by atoms with Crippen molar-refractivity contribution >= 4 is 86.2 Å². The maximum absolute atomic E-state index is 10.8. The molecule has 0 aromatic heterocycles. The molecule has 254 valence electrons. The van der Waals surface area contributed by atoms with Gasteiger partial charge in [0.2, 0.25) is 0 Å². The van der Waals surface area contributed by atoms with Gasteiger partial charge >= 0.3 is 0 Å². The summed E-state index contributed by atoms with van der Waals surface area (Å²) in [7, 11) is 0. The van der Waals surface area contributed by atoms with Crippen molar-refractivity contribution in [3.63, 3.8) is 0 Å². The van der Waals surface area contributed by atoms with Crippen LogP contribution in [0.1, 0.15) is 33.4 Å². The largest absolute Gasteiger partial charge is 0.192 e. The van der Waals surface area contributed by atoms with E-state index in [-0.39, 0.29) is 0 Å². The van der Waals surface area contributed by atoms with Crippen LogP contribution in [0, 0.1) is 59.2 Å². The highest BCUT2D eigenvalue weighted by Crippen LogP contribution is 2.54. The summed E-state index contributed by atoms with van der Waals surface area (Å²) in [6.45, 7) is 3.85. The highest BCUT2D eigenvalue weighted by atomic mass is 14.3. The van der Waals surface area contributed by atoms with Crippen LogP contribution in [-0.4, -0.2) is 0 Å². The number of nitrogens with zero attached hydrogens (tertiary/aromatic N) is 4. The molecular weight excluding hydrogens is 681 g/mol. The molecule has 0 aliphatic carbocycles. The number of rotatable bonds is 2. The number of aryl methyl sites for hydroxylation is 2. The van der Waals surface area contributed by atoms with E-state index in [9.17, 15) is 21.0 Å². The summed E-state index contributed by atoms with van der Waals surface area (Å²) >= 11 is 0. The second-order valence-electron chi connectivity index (χ2n) is 14.9.